The molecule has 0 aliphatic heterocycles. The van der Waals surface area contributed by atoms with E-state index < -0.39 is 21.7 Å². The van der Waals surface area contributed by atoms with Gasteiger partial charge in [-0.15, -0.1) is 0 Å². The lowest BCUT2D eigenvalue weighted by atomic mass is 10.3. The van der Waals surface area contributed by atoms with Crippen LogP contribution in [0, 0.1) is 11.6 Å². The first-order chi connectivity index (χ1) is 9.44. The molecular weight excluding hydrogens is 288 g/mol. The first-order valence-electron chi connectivity index (χ1n) is 5.55. The third-order valence-corrected chi connectivity index (χ3v) is 3.95. The maximum atomic E-state index is 13.1. The molecular formula is C13H11F2NO3S. The van der Waals surface area contributed by atoms with Gasteiger partial charge in [-0.25, -0.2) is 17.2 Å². The number of benzene rings is 2. The van der Waals surface area contributed by atoms with E-state index in [1.165, 1.54) is 25.3 Å². The zero-order valence-corrected chi connectivity index (χ0v) is 11.2. The monoisotopic (exact) mass is 299 g/mol. The molecule has 2 aromatic carbocycles. The number of nitrogens with one attached hydrogen (secondary N) is 1. The molecule has 0 saturated heterocycles. The van der Waals surface area contributed by atoms with Crippen molar-refractivity contribution >= 4 is 15.7 Å². The van der Waals surface area contributed by atoms with Crippen LogP contribution in [-0.4, -0.2) is 15.5 Å². The first kappa shape index (κ1) is 14.3. The van der Waals surface area contributed by atoms with E-state index in [1.807, 2.05) is 0 Å². The van der Waals surface area contributed by atoms with E-state index in [1.54, 1.807) is 6.07 Å². The van der Waals surface area contributed by atoms with Crippen molar-refractivity contribution < 1.29 is 21.9 Å². The Labute approximate surface area is 115 Å². The fourth-order valence-electron chi connectivity index (χ4n) is 1.61. The van der Waals surface area contributed by atoms with Crippen LogP contribution < -0.4 is 9.46 Å². The fraction of sp³-hybridized carbons (Fsp3) is 0.0769. The maximum absolute atomic E-state index is 13.1. The molecule has 20 heavy (non-hydrogen) atoms. The van der Waals surface area contributed by atoms with Crippen molar-refractivity contribution in [1.82, 2.24) is 0 Å². The predicted molar refractivity (Wildman–Crippen MR) is 70.2 cm³/mol. The van der Waals surface area contributed by atoms with Gasteiger partial charge in [0.15, 0.2) is 11.6 Å². The van der Waals surface area contributed by atoms with Crippen molar-refractivity contribution in [2.75, 3.05) is 11.8 Å². The third kappa shape index (κ3) is 2.88. The standard InChI is InChI=1S/C13H11F2NO3S/c1-19-12-4-2-3-5-13(12)20(17,18)16-9-6-7-10(14)11(15)8-9/h2-8,16H,1H3. The number of hydrogen-bond donors (Lipinski definition) is 1. The quantitative estimate of drug-likeness (QED) is 0.944. The van der Waals surface area contributed by atoms with Crippen LogP contribution in [0.25, 0.3) is 0 Å². The Morgan fingerprint density at radius 1 is 1.05 bits per heavy atom. The Balaban J connectivity index is 2.38. The second kappa shape index (κ2) is 5.46. The van der Waals surface area contributed by atoms with Crippen LogP contribution >= 0.6 is 0 Å². The number of para-hydroxylation sites is 1. The highest BCUT2D eigenvalue weighted by Gasteiger charge is 2.19. The average Bonchev–Trinajstić information content (AvgIpc) is 2.42. The SMILES string of the molecule is COc1ccccc1S(=O)(=O)Nc1ccc(F)c(F)c1. The second-order valence-corrected chi connectivity index (χ2v) is 5.54. The molecule has 0 spiro atoms. The van der Waals surface area contributed by atoms with Gasteiger partial charge in [0.25, 0.3) is 10.0 Å². The normalized spacial score (nSPS) is 11.2. The summed E-state index contributed by atoms with van der Waals surface area (Å²) in [6.45, 7) is 0. The minimum Gasteiger partial charge on any atom is -0.495 e. The van der Waals surface area contributed by atoms with Crippen molar-refractivity contribution in [3.05, 3.63) is 54.1 Å². The molecule has 1 N–H and O–H groups in total. The molecule has 0 amide bonds. The number of ether oxygens (including phenoxy) is 1. The van der Waals surface area contributed by atoms with E-state index in [-0.39, 0.29) is 16.3 Å². The van der Waals surface area contributed by atoms with Gasteiger partial charge in [-0.1, -0.05) is 12.1 Å². The van der Waals surface area contributed by atoms with Crippen LogP contribution in [0.15, 0.2) is 47.4 Å². The Hall–Kier alpha value is -2.15. The van der Waals surface area contributed by atoms with Gasteiger partial charge < -0.3 is 4.74 Å². The van der Waals surface area contributed by atoms with Crippen molar-refractivity contribution in [3.63, 3.8) is 0 Å². The molecule has 0 aliphatic rings. The molecule has 0 bridgehead atoms. The fourth-order valence-corrected chi connectivity index (χ4v) is 2.83. The topological polar surface area (TPSA) is 55.4 Å². The van der Waals surface area contributed by atoms with E-state index in [0.717, 1.165) is 18.2 Å². The van der Waals surface area contributed by atoms with Gasteiger partial charge in [0, 0.05) is 6.07 Å². The number of rotatable bonds is 4. The highest BCUT2D eigenvalue weighted by molar-refractivity contribution is 7.92. The van der Waals surface area contributed by atoms with E-state index in [4.69, 9.17) is 4.74 Å². The largest absolute Gasteiger partial charge is 0.495 e. The van der Waals surface area contributed by atoms with Gasteiger partial charge in [-0.05, 0) is 24.3 Å². The van der Waals surface area contributed by atoms with Crippen LogP contribution in [0.5, 0.6) is 5.75 Å². The number of anilines is 1. The summed E-state index contributed by atoms with van der Waals surface area (Å²) < 4.78 is 57.3. The molecule has 0 radical (unpaired) electrons. The van der Waals surface area contributed by atoms with Gasteiger partial charge in [-0.3, -0.25) is 4.72 Å². The van der Waals surface area contributed by atoms with Gasteiger partial charge in [0.05, 0.1) is 12.8 Å². The summed E-state index contributed by atoms with van der Waals surface area (Å²) in [4.78, 5) is -0.0905. The Morgan fingerprint density at radius 3 is 2.40 bits per heavy atom. The first-order valence-corrected chi connectivity index (χ1v) is 7.03. The molecule has 4 nitrogen and oxygen atoms in total. The van der Waals surface area contributed by atoms with Crippen molar-refractivity contribution in [1.29, 1.82) is 0 Å². The molecule has 2 aromatic rings. The Bertz CT molecular complexity index is 732. The minimum atomic E-state index is -3.95. The van der Waals surface area contributed by atoms with Gasteiger partial charge in [0.1, 0.15) is 10.6 Å². The van der Waals surface area contributed by atoms with Crippen LogP contribution in [0.2, 0.25) is 0 Å². The van der Waals surface area contributed by atoms with Crippen LogP contribution in [0.4, 0.5) is 14.5 Å². The van der Waals surface area contributed by atoms with Crippen LogP contribution in [0.1, 0.15) is 0 Å². The molecule has 0 heterocycles. The van der Waals surface area contributed by atoms with Crippen LogP contribution in [0.3, 0.4) is 0 Å². The molecule has 2 rings (SSSR count). The second-order valence-electron chi connectivity index (χ2n) is 3.89. The van der Waals surface area contributed by atoms with Crippen molar-refractivity contribution in [3.8, 4) is 5.75 Å². The molecule has 0 atom stereocenters. The van der Waals surface area contributed by atoms with Gasteiger partial charge >= 0.3 is 0 Å². The average molecular weight is 299 g/mol. The minimum absolute atomic E-state index is 0.0743. The highest BCUT2D eigenvalue weighted by atomic mass is 32.2. The smallest absolute Gasteiger partial charge is 0.265 e. The lowest BCUT2D eigenvalue weighted by Crippen LogP contribution is -2.14. The molecule has 0 unspecified atom stereocenters. The Morgan fingerprint density at radius 2 is 1.75 bits per heavy atom. The summed E-state index contributed by atoms with van der Waals surface area (Å²) in [5.41, 5.74) is -0.0743. The number of methoxy groups -OCH3 is 1. The summed E-state index contributed by atoms with van der Waals surface area (Å²) in [5, 5.41) is 0. The van der Waals surface area contributed by atoms with Gasteiger partial charge in [-0.2, -0.15) is 0 Å². The summed E-state index contributed by atoms with van der Waals surface area (Å²) in [6, 6.07) is 8.72. The number of hydrogen-bond acceptors (Lipinski definition) is 3. The molecule has 7 heteroatoms. The summed E-state index contributed by atoms with van der Waals surface area (Å²) in [6.07, 6.45) is 0. The van der Waals surface area contributed by atoms with Gasteiger partial charge in [0.2, 0.25) is 0 Å². The molecule has 0 fully saturated rings. The molecule has 0 aliphatic carbocycles. The Kier molecular flexibility index (Phi) is 3.89. The zero-order chi connectivity index (χ0) is 14.8. The van der Waals surface area contributed by atoms with E-state index in [0.29, 0.717) is 0 Å². The maximum Gasteiger partial charge on any atom is 0.265 e. The predicted octanol–water partition coefficient (Wildman–Crippen LogP) is 2.77. The lowest BCUT2D eigenvalue weighted by molar-refractivity contribution is 0.403. The van der Waals surface area contributed by atoms with Crippen molar-refractivity contribution in [2.24, 2.45) is 0 Å². The van der Waals surface area contributed by atoms with Crippen molar-refractivity contribution in [2.45, 2.75) is 4.90 Å². The lowest BCUT2D eigenvalue weighted by Gasteiger charge is -2.11. The zero-order valence-electron chi connectivity index (χ0n) is 10.4. The molecule has 0 aromatic heterocycles. The highest BCUT2D eigenvalue weighted by Crippen LogP contribution is 2.25. The summed E-state index contributed by atoms with van der Waals surface area (Å²) in [5.74, 6) is -2.03. The summed E-state index contributed by atoms with van der Waals surface area (Å²) in [7, 11) is -2.61. The van der Waals surface area contributed by atoms with E-state index >= 15 is 0 Å². The number of sulfonamides is 1. The van der Waals surface area contributed by atoms with Crippen LogP contribution in [-0.2, 0) is 10.0 Å². The number of halogens is 2. The molecule has 0 saturated carbocycles. The van der Waals surface area contributed by atoms with E-state index in [9.17, 15) is 17.2 Å². The third-order valence-electron chi connectivity index (χ3n) is 2.53. The summed E-state index contributed by atoms with van der Waals surface area (Å²) >= 11 is 0. The molecule has 106 valence electrons. The van der Waals surface area contributed by atoms with E-state index in [2.05, 4.69) is 4.72 Å².